The van der Waals surface area contributed by atoms with Crippen LogP contribution in [0.5, 0.6) is 0 Å². The van der Waals surface area contributed by atoms with Crippen molar-refractivity contribution in [1.82, 2.24) is 9.97 Å². The third-order valence-electron chi connectivity index (χ3n) is 2.73. The van der Waals surface area contributed by atoms with Crippen LogP contribution in [0, 0.1) is 13.8 Å². The highest BCUT2D eigenvalue weighted by molar-refractivity contribution is 7.18. The molecule has 4 nitrogen and oxygen atoms in total. The average Bonchev–Trinajstić information content (AvgIpc) is 2.62. The second-order valence-corrected chi connectivity index (χ2v) is 5.17. The number of hydrogen-bond donors (Lipinski definition) is 2. The molecule has 0 saturated heterocycles. The standard InChI is InChI=1S/C11H13F2N3OS/c1-5-6(2)18-11-8(5)10(15-4-16-11)14-3-7(17)9(12)13/h4,7,9,17H,3H2,1-2H3,(H,14,15,16). The van der Waals surface area contributed by atoms with Gasteiger partial charge in [-0.1, -0.05) is 0 Å². The fourth-order valence-corrected chi connectivity index (χ4v) is 2.60. The molecule has 2 heterocycles. The van der Waals surface area contributed by atoms with Crippen LogP contribution in [0.4, 0.5) is 14.6 Å². The molecular weight excluding hydrogens is 260 g/mol. The van der Waals surface area contributed by atoms with Crippen molar-refractivity contribution in [2.45, 2.75) is 26.4 Å². The number of thiophene rings is 1. The Morgan fingerprint density at radius 2 is 2.11 bits per heavy atom. The summed E-state index contributed by atoms with van der Waals surface area (Å²) in [5.41, 5.74) is 1.03. The zero-order chi connectivity index (χ0) is 13.3. The summed E-state index contributed by atoms with van der Waals surface area (Å²) in [6.45, 7) is 3.67. The van der Waals surface area contributed by atoms with Crippen LogP contribution in [-0.2, 0) is 0 Å². The fourth-order valence-electron chi connectivity index (χ4n) is 1.61. The first-order valence-electron chi connectivity index (χ1n) is 5.41. The minimum atomic E-state index is -2.76. The highest BCUT2D eigenvalue weighted by Gasteiger charge is 2.18. The van der Waals surface area contributed by atoms with Crippen molar-refractivity contribution in [1.29, 1.82) is 0 Å². The molecule has 2 N–H and O–H groups in total. The molecule has 0 aliphatic carbocycles. The highest BCUT2D eigenvalue weighted by atomic mass is 32.1. The number of aliphatic hydroxyl groups is 1. The van der Waals surface area contributed by atoms with Gasteiger partial charge in [-0.2, -0.15) is 0 Å². The molecule has 2 aromatic rings. The zero-order valence-corrected chi connectivity index (χ0v) is 10.8. The van der Waals surface area contributed by atoms with E-state index in [9.17, 15) is 8.78 Å². The van der Waals surface area contributed by atoms with E-state index < -0.39 is 12.5 Å². The van der Waals surface area contributed by atoms with Crippen molar-refractivity contribution in [2.24, 2.45) is 0 Å². The van der Waals surface area contributed by atoms with Gasteiger partial charge in [0.2, 0.25) is 0 Å². The van der Waals surface area contributed by atoms with E-state index in [-0.39, 0.29) is 6.54 Å². The van der Waals surface area contributed by atoms with Crippen LogP contribution in [0.1, 0.15) is 10.4 Å². The molecule has 0 aliphatic heterocycles. The minimum absolute atomic E-state index is 0.238. The van der Waals surface area contributed by atoms with Crippen molar-refractivity contribution in [3.63, 3.8) is 0 Å². The zero-order valence-electron chi connectivity index (χ0n) is 9.94. The van der Waals surface area contributed by atoms with E-state index in [4.69, 9.17) is 5.11 Å². The topological polar surface area (TPSA) is 58.0 Å². The first-order valence-corrected chi connectivity index (χ1v) is 6.23. The Hall–Kier alpha value is -1.34. The number of anilines is 1. The van der Waals surface area contributed by atoms with E-state index in [2.05, 4.69) is 15.3 Å². The lowest BCUT2D eigenvalue weighted by molar-refractivity contribution is 0.00382. The van der Waals surface area contributed by atoms with Crippen molar-refractivity contribution < 1.29 is 13.9 Å². The van der Waals surface area contributed by atoms with Gasteiger partial charge in [-0.25, -0.2) is 18.7 Å². The first kappa shape index (κ1) is 13.1. The highest BCUT2D eigenvalue weighted by Crippen LogP contribution is 2.32. The van der Waals surface area contributed by atoms with Gasteiger partial charge >= 0.3 is 0 Å². The normalized spacial score (nSPS) is 13.2. The van der Waals surface area contributed by atoms with Gasteiger partial charge in [0.1, 0.15) is 23.1 Å². The molecule has 1 unspecified atom stereocenters. The average molecular weight is 273 g/mol. The Labute approximate surface area is 107 Å². The number of rotatable bonds is 4. The third-order valence-corrected chi connectivity index (χ3v) is 3.85. The lowest BCUT2D eigenvalue weighted by atomic mass is 10.2. The number of aryl methyl sites for hydroxylation is 2. The molecule has 2 rings (SSSR count). The summed E-state index contributed by atoms with van der Waals surface area (Å²) in [5, 5.41) is 12.7. The second kappa shape index (κ2) is 5.11. The number of aromatic nitrogens is 2. The van der Waals surface area contributed by atoms with E-state index in [0.29, 0.717) is 5.82 Å². The van der Waals surface area contributed by atoms with Gasteiger partial charge in [-0.3, -0.25) is 0 Å². The van der Waals surface area contributed by atoms with E-state index in [0.717, 1.165) is 20.7 Å². The van der Waals surface area contributed by atoms with Gasteiger partial charge in [0.25, 0.3) is 6.43 Å². The number of aliphatic hydroxyl groups excluding tert-OH is 1. The first-order chi connectivity index (χ1) is 8.50. The predicted octanol–water partition coefficient (Wildman–Crippen LogP) is 2.35. The molecule has 0 spiro atoms. The van der Waals surface area contributed by atoms with Gasteiger partial charge in [0.15, 0.2) is 0 Å². The predicted molar refractivity (Wildman–Crippen MR) is 67.4 cm³/mol. The SMILES string of the molecule is Cc1sc2ncnc(NCC(O)C(F)F)c2c1C. The van der Waals surface area contributed by atoms with Crippen LogP contribution in [0.2, 0.25) is 0 Å². The van der Waals surface area contributed by atoms with Crippen molar-refractivity contribution in [3.05, 3.63) is 16.8 Å². The van der Waals surface area contributed by atoms with Gasteiger partial charge in [0.05, 0.1) is 5.39 Å². The largest absolute Gasteiger partial charge is 0.385 e. The Kier molecular flexibility index (Phi) is 3.72. The summed E-state index contributed by atoms with van der Waals surface area (Å²) in [6, 6.07) is 0. The number of nitrogens with zero attached hydrogens (tertiary/aromatic N) is 2. The summed E-state index contributed by atoms with van der Waals surface area (Å²) in [5.74, 6) is 0.488. The molecule has 0 aromatic carbocycles. The smallest absolute Gasteiger partial charge is 0.265 e. The van der Waals surface area contributed by atoms with Gasteiger partial charge in [-0.05, 0) is 19.4 Å². The van der Waals surface area contributed by atoms with E-state index in [1.807, 2.05) is 13.8 Å². The summed E-state index contributed by atoms with van der Waals surface area (Å²) < 4.78 is 24.4. The Bertz CT molecular complexity index is 558. The quantitative estimate of drug-likeness (QED) is 0.897. The molecule has 0 fully saturated rings. The number of fused-ring (bicyclic) bond motifs is 1. The molecule has 2 aromatic heterocycles. The third kappa shape index (κ3) is 2.41. The Morgan fingerprint density at radius 3 is 2.78 bits per heavy atom. The van der Waals surface area contributed by atoms with Crippen molar-refractivity contribution >= 4 is 27.4 Å². The maximum absolute atomic E-state index is 12.2. The molecule has 0 radical (unpaired) electrons. The minimum Gasteiger partial charge on any atom is -0.385 e. The second-order valence-electron chi connectivity index (χ2n) is 3.97. The van der Waals surface area contributed by atoms with Crippen molar-refractivity contribution in [2.75, 3.05) is 11.9 Å². The van der Waals surface area contributed by atoms with Gasteiger partial charge < -0.3 is 10.4 Å². The van der Waals surface area contributed by atoms with Crippen molar-refractivity contribution in [3.8, 4) is 0 Å². The van der Waals surface area contributed by atoms with Crippen LogP contribution in [-0.4, -0.2) is 34.1 Å². The van der Waals surface area contributed by atoms with Crippen LogP contribution < -0.4 is 5.32 Å². The summed E-state index contributed by atoms with van der Waals surface area (Å²) in [4.78, 5) is 10.1. The molecule has 0 amide bonds. The van der Waals surface area contributed by atoms with Gasteiger partial charge in [0, 0.05) is 11.4 Å². The molecule has 7 heteroatoms. The molecular formula is C11H13F2N3OS. The lowest BCUT2D eigenvalue weighted by Crippen LogP contribution is -2.27. The molecule has 0 aliphatic rings. The molecule has 1 atom stereocenters. The fraction of sp³-hybridized carbons (Fsp3) is 0.455. The number of hydrogen-bond acceptors (Lipinski definition) is 5. The maximum atomic E-state index is 12.2. The maximum Gasteiger partial charge on any atom is 0.265 e. The van der Waals surface area contributed by atoms with Gasteiger partial charge in [-0.15, -0.1) is 11.3 Å². The molecule has 98 valence electrons. The lowest BCUT2D eigenvalue weighted by Gasteiger charge is -2.11. The van der Waals surface area contributed by atoms with E-state index in [1.165, 1.54) is 17.7 Å². The van der Waals surface area contributed by atoms with Crippen LogP contribution in [0.15, 0.2) is 6.33 Å². The summed E-state index contributed by atoms with van der Waals surface area (Å²) in [7, 11) is 0. The van der Waals surface area contributed by atoms with E-state index >= 15 is 0 Å². The number of halogens is 2. The molecule has 0 saturated carbocycles. The van der Waals surface area contributed by atoms with Crippen LogP contribution in [0.25, 0.3) is 10.2 Å². The number of alkyl halides is 2. The van der Waals surface area contributed by atoms with Crippen LogP contribution in [0.3, 0.4) is 0 Å². The molecule has 18 heavy (non-hydrogen) atoms. The molecule has 0 bridgehead atoms. The Morgan fingerprint density at radius 1 is 1.39 bits per heavy atom. The number of nitrogens with one attached hydrogen (secondary N) is 1. The summed E-state index contributed by atoms with van der Waals surface area (Å²) in [6.07, 6.45) is -3.08. The van der Waals surface area contributed by atoms with E-state index in [1.54, 1.807) is 0 Å². The van der Waals surface area contributed by atoms with Crippen LogP contribution >= 0.6 is 11.3 Å². The summed E-state index contributed by atoms with van der Waals surface area (Å²) >= 11 is 1.53. The Balaban J connectivity index is 2.28. The monoisotopic (exact) mass is 273 g/mol.